The van der Waals surface area contributed by atoms with Gasteiger partial charge in [-0.2, -0.15) is 0 Å². The van der Waals surface area contributed by atoms with Gasteiger partial charge < -0.3 is 9.97 Å². The maximum atomic E-state index is 5.35. The number of fused-ring (bicyclic) bond motifs is 8. The molecule has 0 aliphatic carbocycles. The van der Waals surface area contributed by atoms with Crippen molar-refractivity contribution in [2.45, 2.75) is 0 Å². The van der Waals surface area contributed by atoms with Crippen molar-refractivity contribution in [2.24, 2.45) is 0 Å². The number of aromatic nitrogens is 6. The Morgan fingerprint density at radius 2 is 0.620 bits per heavy atom. The first-order valence-electron chi connectivity index (χ1n) is 16.1. The van der Waals surface area contributed by atoms with Gasteiger partial charge in [-0.05, 0) is 119 Å². The summed E-state index contributed by atoms with van der Waals surface area (Å²) in [6.45, 7) is 0. The minimum absolute atomic E-state index is 0.853. The second kappa shape index (κ2) is 12.6. The predicted octanol–water partition coefficient (Wildman–Crippen LogP) is 11.6. The van der Waals surface area contributed by atoms with Crippen LogP contribution in [0.1, 0.15) is 22.8 Å². The van der Waals surface area contributed by atoms with Gasteiger partial charge in [0.1, 0.15) is 0 Å². The molecule has 2 aromatic carbocycles. The second-order valence-electron chi connectivity index (χ2n) is 12.0. The summed E-state index contributed by atoms with van der Waals surface area (Å²) in [5.41, 5.74) is 15.3. The van der Waals surface area contributed by atoms with Crippen LogP contribution in [0.25, 0.3) is 90.9 Å². The molecule has 2 aliphatic rings. The molecule has 9 rings (SSSR count). The van der Waals surface area contributed by atoms with Gasteiger partial charge in [-0.25, -0.2) is 9.97 Å². The normalized spacial score (nSPS) is 12.0. The molecule has 0 unspecified atom stereocenters. The SMILES string of the molecule is Brc1ccc(-c2c3nc(c(-c4ccc(Br)cc4)c4ccc([nH]4)c(-c4ccncc4)c4nc(c(-c5ccncc5)c5ccc2[nH]5)C=C4)C=C3)cc1. The lowest BCUT2D eigenvalue weighted by Gasteiger charge is -2.07. The van der Waals surface area contributed by atoms with E-state index in [1.807, 2.05) is 49.1 Å². The zero-order valence-corrected chi connectivity index (χ0v) is 29.6. The van der Waals surface area contributed by atoms with Crippen LogP contribution < -0.4 is 0 Å². The van der Waals surface area contributed by atoms with Gasteiger partial charge in [0.05, 0.1) is 22.8 Å². The third-order valence-electron chi connectivity index (χ3n) is 8.96. The van der Waals surface area contributed by atoms with Crippen molar-refractivity contribution < 1.29 is 0 Å². The first-order valence-corrected chi connectivity index (χ1v) is 17.7. The summed E-state index contributed by atoms with van der Waals surface area (Å²) in [5.74, 6) is 0. The van der Waals surface area contributed by atoms with E-state index >= 15 is 0 Å². The van der Waals surface area contributed by atoms with Crippen LogP contribution in [0.2, 0.25) is 0 Å². The minimum Gasteiger partial charge on any atom is -0.354 e. The van der Waals surface area contributed by atoms with Crippen LogP contribution in [0.15, 0.2) is 131 Å². The maximum Gasteiger partial charge on any atom is 0.0737 e. The molecular weight excluding hydrogens is 748 g/mol. The van der Waals surface area contributed by atoms with E-state index in [2.05, 4.69) is 149 Å². The molecule has 0 amide bonds. The number of pyridine rings is 2. The van der Waals surface area contributed by atoms with E-state index in [-0.39, 0.29) is 0 Å². The van der Waals surface area contributed by atoms with E-state index < -0.39 is 0 Å². The highest BCUT2D eigenvalue weighted by Crippen LogP contribution is 2.38. The number of nitrogens with zero attached hydrogens (tertiary/aromatic N) is 4. The minimum atomic E-state index is 0.853. The van der Waals surface area contributed by atoms with Gasteiger partial charge in [0, 0.05) is 78.1 Å². The smallest absolute Gasteiger partial charge is 0.0737 e. The standard InChI is InChI=1S/C42H26Br2N6/c43-29-5-1-25(2-6-29)39-31-9-10-32(47-31)40(26-3-7-30(44)8-4-26)34-12-14-36(49-34)42(28-19-23-46-24-20-28)38-16-15-37(50-38)41(27-17-21-45-22-18-27)35-13-11-33(39)48-35/h1-24,48-49H. The van der Waals surface area contributed by atoms with Gasteiger partial charge in [0.2, 0.25) is 0 Å². The van der Waals surface area contributed by atoms with Gasteiger partial charge in [-0.3, -0.25) is 9.97 Å². The molecular formula is C42H26Br2N6. The molecule has 5 aromatic heterocycles. The fraction of sp³-hybridized carbons (Fsp3) is 0. The number of hydrogen-bond donors (Lipinski definition) is 2. The molecule has 238 valence electrons. The highest BCUT2D eigenvalue weighted by molar-refractivity contribution is 9.10. The van der Waals surface area contributed by atoms with Crippen LogP contribution in [-0.4, -0.2) is 29.9 Å². The Morgan fingerprint density at radius 1 is 0.340 bits per heavy atom. The quantitative estimate of drug-likeness (QED) is 0.187. The molecule has 50 heavy (non-hydrogen) atoms. The maximum absolute atomic E-state index is 5.35. The molecule has 0 atom stereocenters. The second-order valence-corrected chi connectivity index (χ2v) is 13.8. The molecule has 0 saturated heterocycles. The summed E-state index contributed by atoms with van der Waals surface area (Å²) < 4.78 is 2.03. The fourth-order valence-electron chi connectivity index (χ4n) is 6.69. The number of rotatable bonds is 4. The number of aromatic amines is 2. The van der Waals surface area contributed by atoms with Crippen molar-refractivity contribution in [3.63, 3.8) is 0 Å². The first kappa shape index (κ1) is 30.4. The van der Waals surface area contributed by atoms with Crippen molar-refractivity contribution >= 4 is 78.2 Å². The highest BCUT2D eigenvalue weighted by atomic mass is 79.9. The molecule has 6 nitrogen and oxygen atoms in total. The third kappa shape index (κ3) is 5.52. The summed E-state index contributed by atoms with van der Waals surface area (Å²) in [6.07, 6.45) is 15.7. The number of hydrogen-bond acceptors (Lipinski definition) is 4. The van der Waals surface area contributed by atoms with Gasteiger partial charge in [0.15, 0.2) is 0 Å². The molecule has 0 spiro atoms. The topological polar surface area (TPSA) is 83.1 Å². The summed E-state index contributed by atoms with van der Waals surface area (Å²) in [5, 5.41) is 0. The van der Waals surface area contributed by atoms with Crippen LogP contribution in [-0.2, 0) is 0 Å². The van der Waals surface area contributed by atoms with E-state index in [1.165, 1.54) is 0 Å². The van der Waals surface area contributed by atoms with Crippen molar-refractivity contribution in [3.8, 4) is 44.5 Å². The van der Waals surface area contributed by atoms with Crippen LogP contribution in [0.3, 0.4) is 0 Å². The van der Waals surface area contributed by atoms with E-state index in [4.69, 9.17) is 9.97 Å². The average Bonchev–Trinajstić information content (AvgIpc) is 3.98. The molecule has 0 fully saturated rings. The Morgan fingerprint density at radius 3 is 0.920 bits per heavy atom. The largest absolute Gasteiger partial charge is 0.354 e. The fourth-order valence-corrected chi connectivity index (χ4v) is 7.22. The molecule has 0 radical (unpaired) electrons. The Hall–Kier alpha value is -5.70. The number of benzene rings is 2. The number of halogens is 2. The Kier molecular flexibility index (Phi) is 7.67. The van der Waals surface area contributed by atoms with Gasteiger partial charge in [0.25, 0.3) is 0 Å². The Bertz CT molecular complexity index is 2460. The zero-order valence-electron chi connectivity index (χ0n) is 26.4. The number of nitrogens with one attached hydrogen (secondary N) is 2. The monoisotopic (exact) mass is 772 g/mol. The highest BCUT2D eigenvalue weighted by Gasteiger charge is 2.19. The molecule has 0 saturated carbocycles. The van der Waals surface area contributed by atoms with Crippen LogP contribution in [0, 0.1) is 0 Å². The van der Waals surface area contributed by atoms with Crippen molar-refractivity contribution in [2.75, 3.05) is 0 Å². The summed E-state index contributed by atoms with van der Waals surface area (Å²) in [4.78, 5) is 26.8. The van der Waals surface area contributed by atoms with Crippen molar-refractivity contribution in [1.82, 2.24) is 29.9 Å². The molecule has 8 bridgehead atoms. The van der Waals surface area contributed by atoms with E-state index in [0.717, 1.165) is 98.3 Å². The molecule has 7 aromatic rings. The first-order chi connectivity index (χ1) is 24.6. The third-order valence-corrected chi connectivity index (χ3v) is 10.0. The molecule has 2 aliphatic heterocycles. The van der Waals surface area contributed by atoms with Crippen LogP contribution >= 0.6 is 31.9 Å². The number of H-pyrrole nitrogens is 2. The van der Waals surface area contributed by atoms with Crippen LogP contribution in [0.4, 0.5) is 0 Å². The van der Waals surface area contributed by atoms with Crippen LogP contribution in [0.5, 0.6) is 0 Å². The van der Waals surface area contributed by atoms with Crippen molar-refractivity contribution in [1.29, 1.82) is 0 Å². The molecule has 2 N–H and O–H groups in total. The molecule has 8 heteroatoms. The zero-order chi connectivity index (χ0) is 33.6. The lowest BCUT2D eigenvalue weighted by Crippen LogP contribution is -1.90. The Balaban J connectivity index is 1.48. The summed E-state index contributed by atoms with van der Waals surface area (Å²) in [6, 6.07) is 33.4. The van der Waals surface area contributed by atoms with Gasteiger partial charge >= 0.3 is 0 Å². The lowest BCUT2D eigenvalue weighted by atomic mass is 10.0. The lowest BCUT2D eigenvalue weighted by molar-refractivity contribution is 1.29. The Labute approximate surface area is 304 Å². The van der Waals surface area contributed by atoms with E-state index in [1.54, 1.807) is 0 Å². The van der Waals surface area contributed by atoms with E-state index in [0.29, 0.717) is 0 Å². The predicted molar refractivity (Wildman–Crippen MR) is 212 cm³/mol. The van der Waals surface area contributed by atoms with Crippen molar-refractivity contribution in [3.05, 3.63) is 154 Å². The van der Waals surface area contributed by atoms with E-state index in [9.17, 15) is 0 Å². The van der Waals surface area contributed by atoms with Gasteiger partial charge in [-0.1, -0.05) is 56.1 Å². The average molecular weight is 775 g/mol. The summed E-state index contributed by atoms with van der Waals surface area (Å²) in [7, 11) is 0. The van der Waals surface area contributed by atoms with Gasteiger partial charge in [-0.15, -0.1) is 0 Å². The molecule has 7 heterocycles. The summed E-state index contributed by atoms with van der Waals surface area (Å²) >= 11 is 7.24.